The highest BCUT2D eigenvalue weighted by Crippen LogP contribution is 2.23. The van der Waals surface area contributed by atoms with Crippen LogP contribution in [-0.2, 0) is 8.98 Å². The van der Waals surface area contributed by atoms with Gasteiger partial charge >= 0.3 is 5.97 Å². The van der Waals surface area contributed by atoms with Crippen molar-refractivity contribution >= 4 is 18.0 Å². The van der Waals surface area contributed by atoms with Crippen molar-refractivity contribution in [2.24, 2.45) is 11.8 Å². The average Bonchev–Trinajstić information content (AvgIpc) is 2.39. The Balaban J connectivity index is 3.74. The zero-order chi connectivity index (χ0) is 14.5. The van der Waals surface area contributed by atoms with Gasteiger partial charge in [-0.3, -0.25) is 4.79 Å². The molecule has 0 aliphatic heterocycles. The van der Waals surface area contributed by atoms with Gasteiger partial charge in [0.25, 0.3) is 0 Å². The lowest BCUT2D eigenvalue weighted by Gasteiger charge is -2.16. The van der Waals surface area contributed by atoms with E-state index < -0.39 is 0 Å². The van der Waals surface area contributed by atoms with Gasteiger partial charge in [-0.05, 0) is 12.3 Å². The van der Waals surface area contributed by atoms with Crippen molar-refractivity contribution < 1.29 is 8.98 Å². The van der Waals surface area contributed by atoms with Gasteiger partial charge in [-0.25, -0.2) is 0 Å². The highest BCUT2D eigenvalue weighted by atomic mass is 32.2. The molecule has 0 amide bonds. The molecule has 0 fully saturated rings. The molecule has 1 atom stereocenters. The number of rotatable bonds is 12. The van der Waals surface area contributed by atoms with Gasteiger partial charge in [0.05, 0.1) is 18.0 Å². The molecule has 0 aromatic heterocycles. The molecule has 19 heavy (non-hydrogen) atoms. The molecule has 0 bridgehead atoms. The molecule has 3 heteroatoms. The Labute approximate surface area is 124 Å². The van der Waals surface area contributed by atoms with Crippen LogP contribution in [0.5, 0.6) is 0 Å². The van der Waals surface area contributed by atoms with Crippen LogP contribution in [0, 0.1) is 11.8 Å². The highest BCUT2D eigenvalue weighted by molar-refractivity contribution is 7.95. The molecule has 0 aromatic carbocycles. The number of unbranched alkanes of at least 4 members (excludes halogenated alkanes) is 3. The van der Waals surface area contributed by atoms with E-state index in [0.29, 0.717) is 0 Å². The van der Waals surface area contributed by atoms with E-state index in [1.807, 2.05) is 13.8 Å². The predicted octanol–water partition coefficient (Wildman–Crippen LogP) is 5.61. The van der Waals surface area contributed by atoms with Crippen molar-refractivity contribution in [1.29, 1.82) is 0 Å². The minimum Gasteiger partial charge on any atom is -0.391 e. The fourth-order valence-corrected chi connectivity index (χ4v) is 2.84. The van der Waals surface area contributed by atoms with E-state index in [-0.39, 0.29) is 11.9 Å². The van der Waals surface area contributed by atoms with Crippen LogP contribution in [0.4, 0.5) is 0 Å². The molecule has 0 N–H and O–H groups in total. The number of hydrogen-bond donors (Lipinski definition) is 0. The Kier molecular flexibility index (Phi) is 12.7. The molecule has 0 saturated heterocycles. The quantitative estimate of drug-likeness (QED) is 0.345. The van der Waals surface area contributed by atoms with Crippen LogP contribution in [0.25, 0.3) is 0 Å². The summed E-state index contributed by atoms with van der Waals surface area (Å²) in [4.78, 5) is 11.3. The van der Waals surface area contributed by atoms with Crippen molar-refractivity contribution in [2.45, 2.75) is 79.1 Å². The summed E-state index contributed by atoms with van der Waals surface area (Å²) < 4.78 is 5.16. The summed E-state index contributed by atoms with van der Waals surface area (Å²) in [6.45, 7) is 8.25. The Morgan fingerprint density at radius 3 is 2.21 bits per heavy atom. The maximum Gasteiger partial charge on any atom is 0.320 e. The first kappa shape index (κ1) is 18.8. The number of hydrogen-bond acceptors (Lipinski definition) is 3. The van der Waals surface area contributed by atoms with E-state index in [9.17, 15) is 4.79 Å². The molecular weight excluding hydrogens is 256 g/mol. The van der Waals surface area contributed by atoms with Gasteiger partial charge < -0.3 is 4.18 Å². The van der Waals surface area contributed by atoms with Gasteiger partial charge in [-0.1, -0.05) is 72.6 Å². The highest BCUT2D eigenvalue weighted by Gasteiger charge is 2.11. The van der Waals surface area contributed by atoms with Crippen LogP contribution < -0.4 is 0 Å². The second kappa shape index (κ2) is 12.8. The first-order valence-electron chi connectivity index (χ1n) is 7.95. The summed E-state index contributed by atoms with van der Waals surface area (Å²) in [5.74, 6) is 1.64. The van der Waals surface area contributed by atoms with E-state index in [4.69, 9.17) is 4.18 Å². The Morgan fingerprint density at radius 2 is 1.63 bits per heavy atom. The number of carbonyl (C=O) groups excluding carboxylic acids is 1. The van der Waals surface area contributed by atoms with Gasteiger partial charge in [0.1, 0.15) is 0 Å². The largest absolute Gasteiger partial charge is 0.391 e. The fourth-order valence-electron chi connectivity index (χ4n) is 2.02. The zero-order valence-electron chi connectivity index (χ0n) is 13.2. The predicted molar refractivity (Wildman–Crippen MR) is 85.2 cm³/mol. The van der Waals surface area contributed by atoms with Crippen LogP contribution in [0.2, 0.25) is 0 Å². The maximum atomic E-state index is 11.3. The summed E-state index contributed by atoms with van der Waals surface area (Å²) in [5.41, 5.74) is 0. The van der Waals surface area contributed by atoms with Crippen molar-refractivity contribution in [2.75, 3.05) is 5.75 Å². The standard InChI is InChI=1S/C16H32O2S/c1-5-7-9-11-15(10-8-6-2)12-13-19-18-16(17)14(3)4/h14-15H,5-13H2,1-4H3. The molecule has 0 heterocycles. The lowest BCUT2D eigenvalue weighted by atomic mass is 9.93. The molecule has 0 aromatic rings. The molecule has 2 nitrogen and oxygen atoms in total. The molecule has 0 spiro atoms. The summed E-state index contributed by atoms with van der Waals surface area (Å²) in [7, 11) is 0. The first-order valence-corrected chi connectivity index (χ1v) is 8.86. The van der Waals surface area contributed by atoms with E-state index in [0.717, 1.165) is 11.7 Å². The van der Waals surface area contributed by atoms with Gasteiger partial charge in [0.2, 0.25) is 0 Å². The van der Waals surface area contributed by atoms with E-state index in [1.54, 1.807) is 0 Å². The van der Waals surface area contributed by atoms with Crippen LogP contribution in [0.3, 0.4) is 0 Å². The van der Waals surface area contributed by atoms with Crippen LogP contribution in [0.15, 0.2) is 0 Å². The second-order valence-corrected chi connectivity index (χ2v) is 6.48. The monoisotopic (exact) mass is 288 g/mol. The van der Waals surface area contributed by atoms with Crippen LogP contribution in [-0.4, -0.2) is 11.7 Å². The number of carbonyl (C=O) groups is 1. The normalized spacial score (nSPS) is 12.7. The minimum absolute atomic E-state index is 0.0204. The average molecular weight is 288 g/mol. The zero-order valence-corrected chi connectivity index (χ0v) is 14.1. The summed E-state index contributed by atoms with van der Waals surface area (Å²) >= 11 is 1.34. The topological polar surface area (TPSA) is 26.3 Å². The molecule has 114 valence electrons. The third-order valence-corrected chi connectivity index (χ3v) is 4.09. The molecule has 0 saturated carbocycles. The first-order chi connectivity index (χ1) is 9.11. The third kappa shape index (κ3) is 11.4. The van der Waals surface area contributed by atoms with Gasteiger partial charge in [-0.15, -0.1) is 0 Å². The smallest absolute Gasteiger partial charge is 0.320 e. The van der Waals surface area contributed by atoms with Gasteiger partial charge in [0, 0.05) is 5.75 Å². The Hall–Kier alpha value is -0.180. The maximum absolute atomic E-state index is 11.3. The molecule has 1 unspecified atom stereocenters. The fraction of sp³-hybridized carbons (Fsp3) is 0.938. The lowest BCUT2D eigenvalue weighted by molar-refractivity contribution is -0.136. The Bertz CT molecular complexity index is 217. The molecular formula is C16H32O2S. The lowest BCUT2D eigenvalue weighted by Crippen LogP contribution is -2.08. The van der Waals surface area contributed by atoms with E-state index in [1.165, 1.54) is 63.4 Å². The van der Waals surface area contributed by atoms with Crippen molar-refractivity contribution in [3.63, 3.8) is 0 Å². The summed E-state index contributed by atoms with van der Waals surface area (Å²) in [6.07, 6.45) is 10.4. The second-order valence-electron chi connectivity index (χ2n) is 5.67. The van der Waals surface area contributed by atoms with Gasteiger partial charge in [0.15, 0.2) is 0 Å². The molecule has 0 rings (SSSR count). The van der Waals surface area contributed by atoms with E-state index >= 15 is 0 Å². The summed E-state index contributed by atoms with van der Waals surface area (Å²) in [5, 5.41) is 0. The van der Waals surface area contributed by atoms with Crippen molar-refractivity contribution in [1.82, 2.24) is 0 Å². The van der Waals surface area contributed by atoms with Crippen LogP contribution in [0.1, 0.15) is 79.1 Å². The third-order valence-electron chi connectivity index (χ3n) is 3.40. The minimum atomic E-state index is -0.0962. The van der Waals surface area contributed by atoms with Crippen LogP contribution >= 0.6 is 12.0 Å². The van der Waals surface area contributed by atoms with E-state index in [2.05, 4.69) is 13.8 Å². The molecule has 0 aliphatic carbocycles. The van der Waals surface area contributed by atoms with Gasteiger partial charge in [-0.2, -0.15) is 0 Å². The SMILES string of the molecule is CCCCCC(CCCC)CCSOC(=O)C(C)C. The molecule has 0 radical (unpaired) electrons. The summed E-state index contributed by atoms with van der Waals surface area (Å²) in [6, 6.07) is 0. The molecule has 0 aliphatic rings. The Morgan fingerprint density at radius 1 is 1.00 bits per heavy atom. The van der Waals surface area contributed by atoms with Crippen molar-refractivity contribution in [3.8, 4) is 0 Å². The van der Waals surface area contributed by atoms with Crippen molar-refractivity contribution in [3.05, 3.63) is 0 Å².